The van der Waals surface area contributed by atoms with Crippen LogP contribution in [-0.4, -0.2) is 14.4 Å². The van der Waals surface area contributed by atoms with E-state index in [1.165, 1.54) is 12.1 Å². The molecule has 2 rings (SSSR count). The molecule has 1 aliphatic carbocycles. The summed E-state index contributed by atoms with van der Waals surface area (Å²) in [5.74, 6) is 0.626. The summed E-state index contributed by atoms with van der Waals surface area (Å²) >= 11 is 0. The first kappa shape index (κ1) is 19.0. The SMILES string of the molecule is C=C[C@H]1CC[C@@H](/C=C/c2ccc(C(F)(F)F)cc2)[C@H]1O[Si](C)(C)C. The highest BCUT2D eigenvalue weighted by atomic mass is 28.4. The monoisotopic (exact) mass is 354 g/mol. The summed E-state index contributed by atoms with van der Waals surface area (Å²) in [5.41, 5.74) is 0.156. The second kappa shape index (κ2) is 7.27. The summed E-state index contributed by atoms with van der Waals surface area (Å²) in [4.78, 5) is 0. The van der Waals surface area contributed by atoms with Gasteiger partial charge in [0.1, 0.15) is 0 Å². The third-order valence-corrected chi connectivity index (χ3v) is 5.22. The van der Waals surface area contributed by atoms with Crippen molar-refractivity contribution in [1.82, 2.24) is 0 Å². The van der Waals surface area contributed by atoms with Crippen LogP contribution in [0.1, 0.15) is 24.0 Å². The Bertz CT molecular complexity index is 584. The van der Waals surface area contributed by atoms with Crippen LogP contribution in [0.2, 0.25) is 19.6 Å². The molecular formula is C19H25F3OSi. The Morgan fingerprint density at radius 2 is 1.67 bits per heavy atom. The predicted octanol–water partition coefficient (Wildman–Crippen LogP) is 6.15. The van der Waals surface area contributed by atoms with Gasteiger partial charge in [-0.25, -0.2) is 0 Å². The number of benzene rings is 1. The van der Waals surface area contributed by atoms with E-state index >= 15 is 0 Å². The van der Waals surface area contributed by atoms with E-state index in [4.69, 9.17) is 4.43 Å². The van der Waals surface area contributed by atoms with Gasteiger partial charge in [-0.3, -0.25) is 0 Å². The van der Waals surface area contributed by atoms with Crippen molar-refractivity contribution in [3.8, 4) is 0 Å². The maximum absolute atomic E-state index is 12.6. The normalized spacial score (nSPS) is 25.3. The lowest BCUT2D eigenvalue weighted by Gasteiger charge is -2.29. The first-order valence-electron chi connectivity index (χ1n) is 8.26. The molecule has 132 valence electrons. The van der Waals surface area contributed by atoms with Crippen molar-refractivity contribution >= 4 is 14.4 Å². The standard InChI is InChI=1S/C19H25F3OSi/c1-5-15-10-11-16(18(15)23-24(2,3)4)9-6-14-7-12-17(13-8-14)19(20,21)22/h5-9,12-13,15-16,18H,1,10-11H2,2-4H3/b9-6+/t15-,16+,18-/m0/s1. The zero-order valence-corrected chi connectivity index (χ0v) is 15.4. The van der Waals surface area contributed by atoms with Gasteiger partial charge in [-0.1, -0.05) is 30.4 Å². The van der Waals surface area contributed by atoms with Gasteiger partial charge >= 0.3 is 6.18 Å². The zero-order chi connectivity index (χ0) is 18.0. The minimum absolute atomic E-state index is 0.125. The number of rotatable bonds is 5. The van der Waals surface area contributed by atoms with Crippen LogP contribution in [0.5, 0.6) is 0 Å². The molecule has 1 aromatic rings. The average molecular weight is 354 g/mol. The lowest BCUT2D eigenvalue weighted by molar-refractivity contribution is -0.137. The second-order valence-corrected chi connectivity index (χ2v) is 11.8. The summed E-state index contributed by atoms with van der Waals surface area (Å²) in [7, 11) is -1.67. The van der Waals surface area contributed by atoms with Gasteiger partial charge in [0.05, 0.1) is 11.7 Å². The number of hydrogen-bond donors (Lipinski definition) is 0. The number of alkyl halides is 3. The first-order valence-corrected chi connectivity index (χ1v) is 11.7. The molecule has 0 amide bonds. The molecule has 1 fully saturated rings. The summed E-state index contributed by atoms with van der Waals surface area (Å²) in [6.07, 6.45) is 3.84. The largest absolute Gasteiger partial charge is 0.416 e. The van der Waals surface area contributed by atoms with Gasteiger partial charge in [0, 0.05) is 11.8 Å². The molecular weight excluding hydrogens is 329 g/mol. The molecule has 0 N–H and O–H groups in total. The molecule has 1 aliphatic rings. The van der Waals surface area contributed by atoms with Crippen molar-refractivity contribution in [1.29, 1.82) is 0 Å². The van der Waals surface area contributed by atoms with E-state index in [0.717, 1.165) is 30.5 Å². The van der Waals surface area contributed by atoms with Crippen LogP contribution in [-0.2, 0) is 10.6 Å². The topological polar surface area (TPSA) is 9.23 Å². The Morgan fingerprint density at radius 1 is 1.08 bits per heavy atom. The molecule has 0 heterocycles. The lowest BCUT2D eigenvalue weighted by Crippen LogP contribution is -2.36. The molecule has 0 spiro atoms. The van der Waals surface area contributed by atoms with Crippen LogP contribution < -0.4 is 0 Å². The number of halogens is 3. The fourth-order valence-electron chi connectivity index (χ4n) is 3.09. The minimum atomic E-state index is -4.29. The van der Waals surface area contributed by atoms with Crippen molar-refractivity contribution in [2.45, 2.75) is 44.8 Å². The van der Waals surface area contributed by atoms with Crippen molar-refractivity contribution in [3.63, 3.8) is 0 Å². The summed E-state index contributed by atoms with van der Waals surface area (Å²) in [5, 5.41) is 0. The summed E-state index contributed by atoms with van der Waals surface area (Å²) < 4.78 is 44.1. The predicted molar refractivity (Wildman–Crippen MR) is 95.1 cm³/mol. The molecule has 0 saturated heterocycles. The molecule has 0 aromatic heterocycles. The Morgan fingerprint density at radius 3 is 2.17 bits per heavy atom. The molecule has 5 heteroatoms. The highest BCUT2D eigenvalue weighted by molar-refractivity contribution is 6.69. The van der Waals surface area contributed by atoms with Gasteiger partial charge in [-0.15, -0.1) is 6.58 Å². The van der Waals surface area contributed by atoms with E-state index < -0.39 is 20.1 Å². The van der Waals surface area contributed by atoms with Gasteiger partial charge < -0.3 is 4.43 Å². The average Bonchev–Trinajstić information content (AvgIpc) is 2.84. The third kappa shape index (κ3) is 5.08. The van der Waals surface area contributed by atoms with Crippen molar-refractivity contribution in [2.24, 2.45) is 11.8 Å². The molecule has 3 atom stereocenters. The molecule has 0 radical (unpaired) electrons. The fraction of sp³-hybridized carbons (Fsp3) is 0.474. The van der Waals surface area contributed by atoms with E-state index in [-0.39, 0.29) is 12.0 Å². The smallest absolute Gasteiger partial charge is 0.414 e. The van der Waals surface area contributed by atoms with Gasteiger partial charge in [-0.05, 0) is 50.2 Å². The molecule has 0 bridgehead atoms. The van der Waals surface area contributed by atoms with Crippen molar-refractivity contribution in [2.75, 3.05) is 0 Å². The van der Waals surface area contributed by atoms with Crippen LogP contribution in [0.4, 0.5) is 13.2 Å². The van der Waals surface area contributed by atoms with E-state index in [1.54, 1.807) is 0 Å². The lowest BCUT2D eigenvalue weighted by atomic mass is 9.99. The van der Waals surface area contributed by atoms with Crippen LogP contribution in [0, 0.1) is 11.8 Å². The third-order valence-electron chi connectivity index (χ3n) is 4.24. The Hall–Kier alpha value is -1.33. The summed E-state index contributed by atoms with van der Waals surface area (Å²) in [6, 6.07) is 5.26. The zero-order valence-electron chi connectivity index (χ0n) is 14.4. The fourth-order valence-corrected chi connectivity index (χ4v) is 4.26. The highest BCUT2D eigenvalue weighted by Crippen LogP contribution is 2.37. The number of hydrogen-bond acceptors (Lipinski definition) is 1. The van der Waals surface area contributed by atoms with E-state index in [0.29, 0.717) is 5.92 Å². The Kier molecular flexibility index (Phi) is 5.76. The molecule has 1 saturated carbocycles. The van der Waals surface area contributed by atoms with Crippen molar-refractivity contribution < 1.29 is 17.6 Å². The minimum Gasteiger partial charge on any atom is -0.414 e. The van der Waals surface area contributed by atoms with Crippen LogP contribution in [0.25, 0.3) is 6.08 Å². The molecule has 24 heavy (non-hydrogen) atoms. The van der Waals surface area contributed by atoms with Gasteiger partial charge in [0.15, 0.2) is 8.32 Å². The van der Waals surface area contributed by atoms with E-state index in [2.05, 4.69) is 32.3 Å². The van der Waals surface area contributed by atoms with E-state index in [9.17, 15) is 13.2 Å². The molecule has 1 nitrogen and oxygen atoms in total. The Labute approximate surface area is 143 Å². The maximum atomic E-state index is 12.6. The van der Waals surface area contributed by atoms with Crippen LogP contribution >= 0.6 is 0 Å². The quantitative estimate of drug-likeness (QED) is 0.455. The van der Waals surface area contributed by atoms with Gasteiger partial charge in [0.25, 0.3) is 0 Å². The van der Waals surface area contributed by atoms with Crippen molar-refractivity contribution in [3.05, 3.63) is 54.1 Å². The molecule has 0 unspecified atom stereocenters. The van der Waals surface area contributed by atoms with Crippen LogP contribution in [0.15, 0.2) is 43.0 Å². The van der Waals surface area contributed by atoms with Gasteiger partial charge in [0.2, 0.25) is 0 Å². The van der Waals surface area contributed by atoms with Crippen LogP contribution in [0.3, 0.4) is 0 Å². The van der Waals surface area contributed by atoms with E-state index in [1.807, 2.05) is 12.2 Å². The highest BCUT2D eigenvalue weighted by Gasteiger charge is 2.36. The summed E-state index contributed by atoms with van der Waals surface area (Å²) in [6.45, 7) is 10.4. The second-order valence-electron chi connectivity index (χ2n) is 7.31. The Balaban J connectivity index is 2.10. The van der Waals surface area contributed by atoms with Gasteiger partial charge in [-0.2, -0.15) is 13.2 Å². The maximum Gasteiger partial charge on any atom is 0.416 e. The first-order chi connectivity index (χ1) is 11.1. The molecule has 1 aromatic carbocycles. The molecule has 0 aliphatic heterocycles.